The Hall–Kier alpha value is -2.40. The van der Waals surface area contributed by atoms with Gasteiger partial charge >= 0.3 is 6.03 Å². The highest BCUT2D eigenvalue weighted by Gasteiger charge is 2.07. The van der Waals surface area contributed by atoms with Gasteiger partial charge in [0, 0.05) is 13.1 Å². The molecule has 1 atom stereocenters. The summed E-state index contributed by atoms with van der Waals surface area (Å²) in [6.07, 6.45) is -0.179. The molecule has 4 nitrogen and oxygen atoms in total. The zero-order valence-electron chi connectivity index (χ0n) is 12.1. The van der Waals surface area contributed by atoms with Crippen LogP contribution < -0.4 is 10.6 Å². The molecule has 116 valence electrons. The average Bonchev–Trinajstić information content (AvgIpc) is 2.54. The number of benzene rings is 2. The summed E-state index contributed by atoms with van der Waals surface area (Å²) in [5, 5.41) is 15.3. The van der Waals surface area contributed by atoms with Crippen LogP contribution in [0.2, 0.25) is 0 Å². The molecule has 0 aliphatic heterocycles. The van der Waals surface area contributed by atoms with Crippen molar-refractivity contribution < 1.29 is 14.3 Å². The van der Waals surface area contributed by atoms with E-state index < -0.39 is 6.10 Å². The summed E-state index contributed by atoms with van der Waals surface area (Å²) < 4.78 is 13.0. The maximum Gasteiger partial charge on any atom is 0.315 e. The SMILES string of the molecule is O=C(NCCC(O)c1ccccc1)NCc1cccc(F)c1. The van der Waals surface area contributed by atoms with Crippen molar-refractivity contribution in [2.45, 2.75) is 19.1 Å². The molecule has 0 heterocycles. The molecule has 0 fully saturated rings. The van der Waals surface area contributed by atoms with E-state index in [1.54, 1.807) is 12.1 Å². The lowest BCUT2D eigenvalue weighted by Gasteiger charge is -2.12. The lowest BCUT2D eigenvalue weighted by Crippen LogP contribution is -2.36. The number of halogens is 1. The molecule has 2 aromatic carbocycles. The summed E-state index contributed by atoms with van der Waals surface area (Å²) >= 11 is 0. The van der Waals surface area contributed by atoms with Crippen molar-refractivity contribution in [1.29, 1.82) is 0 Å². The Morgan fingerprint density at radius 1 is 1.09 bits per heavy atom. The number of amides is 2. The van der Waals surface area contributed by atoms with Gasteiger partial charge in [0.2, 0.25) is 0 Å². The van der Waals surface area contributed by atoms with Crippen molar-refractivity contribution in [3.63, 3.8) is 0 Å². The van der Waals surface area contributed by atoms with Crippen LogP contribution in [0.5, 0.6) is 0 Å². The molecule has 2 rings (SSSR count). The zero-order chi connectivity index (χ0) is 15.8. The van der Waals surface area contributed by atoms with Gasteiger partial charge < -0.3 is 15.7 Å². The largest absolute Gasteiger partial charge is 0.388 e. The minimum absolute atomic E-state index is 0.255. The third-order valence-corrected chi connectivity index (χ3v) is 3.23. The van der Waals surface area contributed by atoms with Gasteiger partial charge in [-0.05, 0) is 29.7 Å². The number of hydrogen-bond donors (Lipinski definition) is 3. The van der Waals surface area contributed by atoms with Gasteiger partial charge in [0.15, 0.2) is 0 Å². The number of nitrogens with one attached hydrogen (secondary N) is 2. The summed E-state index contributed by atoms with van der Waals surface area (Å²) in [4.78, 5) is 11.6. The molecule has 0 saturated heterocycles. The highest BCUT2D eigenvalue weighted by Crippen LogP contribution is 2.14. The highest BCUT2D eigenvalue weighted by molar-refractivity contribution is 5.73. The minimum atomic E-state index is -0.607. The van der Waals surface area contributed by atoms with Crippen molar-refractivity contribution in [2.75, 3.05) is 6.54 Å². The molecule has 0 aromatic heterocycles. The van der Waals surface area contributed by atoms with Gasteiger partial charge in [0.1, 0.15) is 5.82 Å². The lowest BCUT2D eigenvalue weighted by atomic mass is 10.1. The first kappa shape index (κ1) is 16.0. The molecule has 0 radical (unpaired) electrons. The Bertz CT molecular complexity index is 605. The van der Waals surface area contributed by atoms with Crippen molar-refractivity contribution in [1.82, 2.24) is 10.6 Å². The van der Waals surface area contributed by atoms with Crippen LogP contribution in [0.4, 0.5) is 9.18 Å². The number of urea groups is 1. The normalized spacial score (nSPS) is 11.7. The van der Waals surface area contributed by atoms with Gasteiger partial charge in [0.25, 0.3) is 0 Å². The third kappa shape index (κ3) is 5.18. The summed E-state index contributed by atoms with van der Waals surface area (Å²) in [5.74, 6) is -0.328. The van der Waals surface area contributed by atoms with E-state index in [1.807, 2.05) is 30.3 Å². The lowest BCUT2D eigenvalue weighted by molar-refractivity contribution is 0.167. The number of carbonyl (C=O) groups is 1. The Kier molecular flexibility index (Phi) is 5.91. The van der Waals surface area contributed by atoms with E-state index in [9.17, 15) is 14.3 Å². The number of aliphatic hydroxyl groups excluding tert-OH is 1. The van der Waals surface area contributed by atoms with Crippen molar-refractivity contribution in [3.05, 3.63) is 71.5 Å². The average molecular weight is 302 g/mol. The Morgan fingerprint density at radius 3 is 2.59 bits per heavy atom. The topological polar surface area (TPSA) is 61.4 Å². The molecule has 1 unspecified atom stereocenters. The van der Waals surface area contributed by atoms with E-state index in [0.29, 0.717) is 18.5 Å². The summed E-state index contributed by atoms with van der Waals surface area (Å²) in [6.45, 7) is 0.607. The minimum Gasteiger partial charge on any atom is -0.388 e. The second kappa shape index (κ2) is 8.14. The zero-order valence-corrected chi connectivity index (χ0v) is 12.1. The van der Waals surface area contributed by atoms with Gasteiger partial charge in [-0.3, -0.25) is 0 Å². The number of hydrogen-bond acceptors (Lipinski definition) is 2. The maximum atomic E-state index is 13.0. The van der Waals surface area contributed by atoms with Crippen LogP contribution in [0.3, 0.4) is 0 Å². The van der Waals surface area contributed by atoms with Crippen molar-refractivity contribution in [2.24, 2.45) is 0 Å². The van der Waals surface area contributed by atoms with Crippen LogP contribution in [0.25, 0.3) is 0 Å². The molecule has 2 amide bonds. The van der Waals surface area contributed by atoms with Gasteiger partial charge in [-0.2, -0.15) is 0 Å². The standard InChI is InChI=1S/C17H19FN2O2/c18-15-8-4-5-13(11-15)12-20-17(22)19-10-9-16(21)14-6-2-1-3-7-14/h1-8,11,16,21H,9-10,12H2,(H2,19,20,22). The summed E-state index contributed by atoms with van der Waals surface area (Å²) in [7, 11) is 0. The van der Waals surface area contributed by atoms with E-state index in [1.165, 1.54) is 12.1 Å². The molecule has 3 N–H and O–H groups in total. The first-order chi connectivity index (χ1) is 10.6. The molecule has 22 heavy (non-hydrogen) atoms. The molecule has 0 aliphatic rings. The molecule has 0 spiro atoms. The van der Waals surface area contributed by atoms with Crippen LogP contribution >= 0.6 is 0 Å². The quantitative estimate of drug-likeness (QED) is 0.768. The highest BCUT2D eigenvalue weighted by atomic mass is 19.1. The van der Waals surface area contributed by atoms with Crippen LogP contribution in [-0.2, 0) is 6.54 Å². The molecule has 5 heteroatoms. The van der Waals surface area contributed by atoms with Crippen LogP contribution in [0.15, 0.2) is 54.6 Å². The Balaban J connectivity index is 1.68. The molecular weight excluding hydrogens is 283 g/mol. The van der Waals surface area contributed by atoms with E-state index in [0.717, 1.165) is 5.56 Å². The van der Waals surface area contributed by atoms with E-state index in [4.69, 9.17) is 0 Å². The van der Waals surface area contributed by atoms with Crippen LogP contribution in [0.1, 0.15) is 23.7 Å². The summed E-state index contributed by atoms with van der Waals surface area (Å²) in [5.41, 5.74) is 1.52. The maximum absolute atomic E-state index is 13.0. The fraction of sp³-hybridized carbons (Fsp3) is 0.235. The van der Waals surface area contributed by atoms with Crippen LogP contribution in [-0.4, -0.2) is 17.7 Å². The van der Waals surface area contributed by atoms with Gasteiger partial charge in [-0.15, -0.1) is 0 Å². The molecule has 0 aliphatic carbocycles. The van der Waals surface area contributed by atoms with E-state index in [2.05, 4.69) is 10.6 Å². The first-order valence-electron chi connectivity index (χ1n) is 7.14. The summed E-state index contributed by atoms with van der Waals surface area (Å²) in [6, 6.07) is 15.0. The molecule has 0 bridgehead atoms. The predicted octanol–water partition coefficient (Wildman–Crippen LogP) is 2.75. The molecular formula is C17H19FN2O2. The van der Waals surface area contributed by atoms with Crippen molar-refractivity contribution in [3.8, 4) is 0 Å². The number of rotatable bonds is 6. The fourth-order valence-corrected chi connectivity index (χ4v) is 2.06. The van der Waals surface area contributed by atoms with Gasteiger partial charge in [-0.25, -0.2) is 9.18 Å². The smallest absolute Gasteiger partial charge is 0.315 e. The fourth-order valence-electron chi connectivity index (χ4n) is 2.06. The van der Waals surface area contributed by atoms with Gasteiger partial charge in [0.05, 0.1) is 6.10 Å². The van der Waals surface area contributed by atoms with E-state index >= 15 is 0 Å². The second-order valence-corrected chi connectivity index (χ2v) is 4.95. The predicted molar refractivity (Wildman–Crippen MR) is 82.7 cm³/mol. The Morgan fingerprint density at radius 2 is 1.86 bits per heavy atom. The second-order valence-electron chi connectivity index (χ2n) is 4.95. The van der Waals surface area contributed by atoms with Crippen LogP contribution in [0, 0.1) is 5.82 Å². The number of carbonyl (C=O) groups excluding carboxylic acids is 1. The van der Waals surface area contributed by atoms with E-state index in [-0.39, 0.29) is 18.4 Å². The Labute approximate surface area is 129 Å². The number of aliphatic hydroxyl groups is 1. The third-order valence-electron chi connectivity index (χ3n) is 3.23. The van der Waals surface area contributed by atoms with Crippen molar-refractivity contribution >= 4 is 6.03 Å². The first-order valence-corrected chi connectivity index (χ1v) is 7.14. The molecule has 2 aromatic rings. The van der Waals surface area contributed by atoms with Gasteiger partial charge in [-0.1, -0.05) is 42.5 Å². The molecule has 0 saturated carbocycles. The monoisotopic (exact) mass is 302 g/mol.